The van der Waals surface area contributed by atoms with E-state index in [0.29, 0.717) is 5.78 Å². The number of Topliss-reactive ketones (excluding diaryl/α,β-unsaturated/α-hetero) is 1. The van der Waals surface area contributed by atoms with Gasteiger partial charge in [-0.3, -0.25) is 9.69 Å². The van der Waals surface area contributed by atoms with E-state index in [9.17, 15) is 4.79 Å². The van der Waals surface area contributed by atoms with Crippen molar-refractivity contribution in [1.29, 1.82) is 0 Å². The molecule has 1 atom stereocenters. The first-order valence-electron chi connectivity index (χ1n) is 7.01. The van der Waals surface area contributed by atoms with Gasteiger partial charge in [-0.05, 0) is 44.9 Å². The Balaban J connectivity index is 2.08. The van der Waals surface area contributed by atoms with Gasteiger partial charge in [0.25, 0.3) is 0 Å². The Labute approximate surface area is 116 Å². The molecule has 19 heavy (non-hydrogen) atoms. The predicted octanol–water partition coefficient (Wildman–Crippen LogP) is 3.43. The molecule has 102 valence electrons. The van der Waals surface area contributed by atoms with E-state index in [-0.39, 0.29) is 5.92 Å². The lowest BCUT2D eigenvalue weighted by atomic mass is 9.85. The number of hydrogen-bond acceptors (Lipinski definition) is 2. The van der Waals surface area contributed by atoms with Crippen molar-refractivity contribution in [3.63, 3.8) is 0 Å². The van der Waals surface area contributed by atoms with Crippen LogP contribution in [0.15, 0.2) is 41.5 Å². The number of benzene rings is 1. The van der Waals surface area contributed by atoms with Crippen molar-refractivity contribution in [2.45, 2.75) is 33.7 Å². The lowest BCUT2D eigenvalue weighted by molar-refractivity contribution is -0.120. The van der Waals surface area contributed by atoms with Gasteiger partial charge in [-0.25, -0.2) is 0 Å². The number of hydrogen-bond donors (Lipinski definition) is 0. The maximum atomic E-state index is 11.7. The summed E-state index contributed by atoms with van der Waals surface area (Å²) in [6, 6.07) is 10.5. The third-order valence-corrected chi connectivity index (χ3v) is 3.93. The first-order valence-corrected chi connectivity index (χ1v) is 7.01. The van der Waals surface area contributed by atoms with Gasteiger partial charge in [0, 0.05) is 19.0 Å². The van der Waals surface area contributed by atoms with Crippen LogP contribution in [0.1, 0.15) is 32.8 Å². The van der Waals surface area contributed by atoms with E-state index in [2.05, 4.69) is 43.0 Å². The molecular weight excluding hydrogens is 234 g/mol. The van der Waals surface area contributed by atoms with Crippen molar-refractivity contribution in [2.24, 2.45) is 5.92 Å². The second kappa shape index (κ2) is 6.16. The minimum atomic E-state index is 0.150. The molecule has 0 amide bonds. The molecule has 0 aromatic heterocycles. The van der Waals surface area contributed by atoms with Crippen LogP contribution in [0, 0.1) is 5.92 Å². The molecule has 2 rings (SSSR count). The number of likely N-dealkylation sites (tertiary alicyclic amines) is 1. The van der Waals surface area contributed by atoms with Crippen molar-refractivity contribution >= 4 is 5.78 Å². The van der Waals surface area contributed by atoms with E-state index in [1.807, 2.05) is 6.07 Å². The molecule has 0 radical (unpaired) electrons. The number of piperidine rings is 1. The van der Waals surface area contributed by atoms with Gasteiger partial charge in [-0.1, -0.05) is 35.9 Å². The van der Waals surface area contributed by atoms with Crippen LogP contribution < -0.4 is 0 Å². The smallest absolute Gasteiger partial charge is 0.137 e. The van der Waals surface area contributed by atoms with Crippen LogP contribution in [-0.2, 0) is 11.3 Å². The normalized spacial score (nSPS) is 20.4. The minimum absolute atomic E-state index is 0.150. The van der Waals surface area contributed by atoms with Crippen LogP contribution in [0.2, 0.25) is 0 Å². The van der Waals surface area contributed by atoms with Crippen molar-refractivity contribution in [2.75, 3.05) is 13.1 Å². The van der Waals surface area contributed by atoms with Gasteiger partial charge < -0.3 is 0 Å². The molecule has 1 aliphatic rings. The molecule has 0 bridgehead atoms. The Kier molecular flexibility index (Phi) is 4.54. The summed E-state index contributed by atoms with van der Waals surface area (Å²) < 4.78 is 0. The average Bonchev–Trinajstić information content (AvgIpc) is 2.39. The van der Waals surface area contributed by atoms with Crippen LogP contribution in [0.4, 0.5) is 0 Å². The monoisotopic (exact) mass is 257 g/mol. The molecule has 1 saturated heterocycles. The quantitative estimate of drug-likeness (QED) is 0.773. The lowest BCUT2D eigenvalue weighted by Gasteiger charge is -2.34. The number of ketones is 1. The zero-order chi connectivity index (χ0) is 13.8. The second-order valence-corrected chi connectivity index (χ2v) is 5.67. The van der Waals surface area contributed by atoms with Gasteiger partial charge in [-0.15, -0.1) is 0 Å². The molecule has 1 aromatic carbocycles. The molecule has 2 heteroatoms. The number of carbonyl (C=O) groups excluding carboxylic acids is 1. The maximum absolute atomic E-state index is 11.7. The minimum Gasteiger partial charge on any atom is -0.299 e. The lowest BCUT2D eigenvalue weighted by Crippen LogP contribution is -2.37. The van der Waals surface area contributed by atoms with Crippen LogP contribution in [0.25, 0.3) is 0 Å². The third kappa shape index (κ3) is 3.54. The van der Waals surface area contributed by atoms with Gasteiger partial charge in [-0.2, -0.15) is 0 Å². The largest absolute Gasteiger partial charge is 0.299 e. The highest BCUT2D eigenvalue weighted by Gasteiger charge is 2.27. The Morgan fingerprint density at radius 2 is 1.89 bits per heavy atom. The summed E-state index contributed by atoms with van der Waals surface area (Å²) >= 11 is 0. The van der Waals surface area contributed by atoms with Crippen molar-refractivity contribution < 1.29 is 4.79 Å². The fourth-order valence-electron chi connectivity index (χ4n) is 2.85. The fraction of sp³-hybridized carbons (Fsp3) is 0.471. The molecule has 0 N–H and O–H groups in total. The zero-order valence-corrected chi connectivity index (χ0v) is 12.1. The summed E-state index contributed by atoms with van der Waals surface area (Å²) in [5.74, 6) is 0.465. The predicted molar refractivity (Wildman–Crippen MR) is 78.9 cm³/mol. The number of allylic oxidation sites excluding steroid dienone is 1. The SMILES string of the molecule is CC(=O)C1CCN(Cc2ccccc2)CC1=C(C)C. The maximum Gasteiger partial charge on any atom is 0.137 e. The van der Waals surface area contributed by atoms with E-state index in [1.54, 1.807) is 6.92 Å². The fourth-order valence-corrected chi connectivity index (χ4v) is 2.85. The van der Waals surface area contributed by atoms with E-state index >= 15 is 0 Å². The van der Waals surface area contributed by atoms with Crippen LogP contribution in [0.5, 0.6) is 0 Å². The number of rotatable bonds is 3. The molecule has 1 heterocycles. The average molecular weight is 257 g/mol. The highest BCUT2D eigenvalue weighted by atomic mass is 16.1. The topological polar surface area (TPSA) is 20.3 Å². The highest BCUT2D eigenvalue weighted by Crippen LogP contribution is 2.27. The van der Waals surface area contributed by atoms with E-state index in [1.165, 1.54) is 16.7 Å². The summed E-state index contributed by atoms with van der Waals surface area (Å²) in [6.07, 6.45) is 0.961. The molecule has 2 nitrogen and oxygen atoms in total. The number of carbonyl (C=O) groups is 1. The molecule has 1 unspecified atom stereocenters. The first kappa shape index (κ1) is 14.0. The van der Waals surface area contributed by atoms with E-state index in [4.69, 9.17) is 0 Å². The van der Waals surface area contributed by atoms with Gasteiger partial charge in [0.1, 0.15) is 5.78 Å². The van der Waals surface area contributed by atoms with Gasteiger partial charge >= 0.3 is 0 Å². The molecule has 1 aliphatic heterocycles. The Morgan fingerprint density at radius 1 is 1.21 bits per heavy atom. The van der Waals surface area contributed by atoms with Gasteiger partial charge in [0.2, 0.25) is 0 Å². The Bertz CT molecular complexity index is 471. The van der Waals surface area contributed by atoms with E-state index < -0.39 is 0 Å². The van der Waals surface area contributed by atoms with Crippen LogP contribution in [-0.4, -0.2) is 23.8 Å². The van der Waals surface area contributed by atoms with Crippen molar-refractivity contribution in [3.8, 4) is 0 Å². The summed E-state index contributed by atoms with van der Waals surface area (Å²) in [7, 11) is 0. The standard InChI is InChI=1S/C17H23NO/c1-13(2)17-12-18(10-9-16(17)14(3)19)11-15-7-5-4-6-8-15/h4-8,16H,9-12H2,1-3H3. The Morgan fingerprint density at radius 3 is 2.47 bits per heavy atom. The van der Waals surface area contributed by atoms with Gasteiger partial charge in [0.15, 0.2) is 0 Å². The summed E-state index contributed by atoms with van der Waals surface area (Å²) in [5.41, 5.74) is 3.98. The van der Waals surface area contributed by atoms with Crippen LogP contribution >= 0.6 is 0 Å². The summed E-state index contributed by atoms with van der Waals surface area (Å²) in [4.78, 5) is 14.2. The van der Waals surface area contributed by atoms with Crippen molar-refractivity contribution in [3.05, 3.63) is 47.0 Å². The molecule has 1 aromatic rings. The third-order valence-electron chi connectivity index (χ3n) is 3.93. The Hall–Kier alpha value is -1.41. The molecule has 1 fully saturated rings. The molecule has 0 saturated carbocycles. The first-order chi connectivity index (χ1) is 9.08. The highest BCUT2D eigenvalue weighted by molar-refractivity contribution is 5.81. The second-order valence-electron chi connectivity index (χ2n) is 5.67. The molecular formula is C17H23NO. The van der Waals surface area contributed by atoms with Gasteiger partial charge in [0.05, 0.1) is 0 Å². The number of nitrogens with zero attached hydrogens (tertiary/aromatic N) is 1. The van der Waals surface area contributed by atoms with E-state index in [0.717, 1.165) is 26.1 Å². The molecule has 0 aliphatic carbocycles. The summed E-state index contributed by atoms with van der Waals surface area (Å²) in [6.45, 7) is 8.88. The van der Waals surface area contributed by atoms with Crippen LogP contribution in [0.3, 0.4) is 0 Å². The molecule has 0 spiro atoms. The summed E-state index contributed by atoms with van der Waals surface area (Å²) in [5, 5.41) is 0. The zero-order valence-electron chi connectivity index (χ0n) is 12.1. The van der Waals surface area contributed by atoms with Crippen molar-refractivity contribution in [1.82, 2.24) is 4.90 Å².